The van der Waals surface area contributed by atoms with Crippen LogP contribution in [-0.2, 0) is 4.79 Å². The second-order valence-electron chi connectivity index (χ2n) is 4.54. The van der Waals surface area contributed by atoms with Gasteiger partial charge in [0.25, 0.3) is 0 Å². The Morgan fingerprint density at radius 3 is 2.79 bits per heavy atom. The van der Waals surface area contributed by atoms with Gasteiger partial charge in [-0.1, -0.05) is 17.7 Å². The Morgan fingerprint density at radius 2 is 2.16 bits per heavy atom. The van der Waals surface area contributed by atoms with Gasteiger partial charge in [0.2, 0.25) is 5.91 Å². The molecule has 0 saturated heterocycles. The first-order chi connectivity index (χ1) is 9.02. The van der Waals surface area contributed by atoms with Crippen molar-refractivity contribution < 1.29 is 14.6 Å². The Morgan fingerprint density at radius 1 is 1.42 bits per heavy atom. The van der Waals surface area contributed by atoms with Crippen molar-refractivity contribution in [2.24, 2.45) is 0 Å². The van der Waals surface area contributed by atoms with E-state index in [4.69, 9.17) is 4.74 Å². The highest BCUT2D eigenvalue weighted by molar-refractivity contribution is 5.77. The van der Waals surface area contributed by atoms with E-state index in [0.29, 0.717) is 6.54 Å². The highest BCUT2D eigenvalue weighted by Gasteiger charge is 2.07. The number of hydrogen-bond acceptors (Lipinski definition) is 4. The molecular formula is C14H22N2O3. The number of hydrogen-bond donors (Lipinski definition) is 3. The molecule has 0 aliphatic carbocycles. The number of ether oxygens (including phenoxy) is 1. The van der Waals surface area contributed by atoms with Gasteiger partial charge in [-0.05, 0) is 25.5 Å². The number of carbonyl (C=O) groups excluding carboxylic acids is 1. The molecule has 1 aromatic rings. The first kappa shape index (κ1) is 15.5. The number of benzene rings is 1. The summed E-state index contributed by atoms with van der Waals surface area (Å²) < 4.78 is 5.55. The largest absolute Gasteiger partial charge is 0.491 e. The van der Waals surface area contributed by atoms with Gasteiger partial charge in [-0.15, -0.1) is 0 Å². The van der Waals surface area contributed by atoms with Gasteiger partial charge in [-0.3, -0.25) is 4.79 Å². The van der Waals surface area contributed by atoms with Crippen LogP contribution in [0.15, 0.2) is 18.2 Å². The fraction of sp³-hybridized carbons (Fsp3) is 0.500. The van der Waals surface area contributed by atoms with Gasteiger partial charge in [0.15, 0.2) is 0 Å². The van der Waals surface area contributed by atoms with Crippen LogP contribution in [0.4, 0.5) is 0 Å². The Labute approximate surface area is 114 Å². The highest BCUT2D eigenvalue weighted by Crippen LogP contribution is 2.18. The maximum absolute atomic E-state index is 11.0. The Balaban J connectivity index is 2.29. The van der Waals surface area contributed by atoms with E-state index in [1.165, 1.54) is 5.56 Å². The van der Waals surface area contributed by atoms with Gasteiger partial charge >= 0.3 is 0 Å². The van der Waals surface area contributed by atoms with Crippen molar-refractivity contribution in [3.63, 3.8) is 0 Å². The van der Waals surface area contributed by atoms with Crippen LogP contribution < -0.4 is 15.4 Å². The summed E-state index contributed by atoms with van der Waals surface area (Å²) in [5.41, 5.74) is 2.23. The molecule has 0 aliphatic heterocycles. The standard InChI is InChI=1S/C14H22N2O3/c1-10-4-5-13(11(2)6-10)19-9-12(17)7-16-8-14(18)15-3/h4-6,12,16-17H,7-9H2,1-3H3,(H,15,18). The first-order valence-electron chi connectivity index (χ1n) is 6.32. The molecule has 19 heavy (non-hydrogen) atoms. The molecule has 0 radical (unpaired) electrons. The predicted octanol–water partition coefficient (Wildman–Crippen LogP) is 0.379. The Hall–Kier alpha value is -1.59. The van der Waals surface area contributed by atoms with E-state index in [1.54, 1.807) is 7.05 Å². The van der Waals surface area contributed by atoms with E-state index in [0.717, 1.165) is 11.3 Å². The average Bonchev–Trinajstić information content (AvgIpc) is 2.37. The van der Waals surface area contributed by atoms with Gasteiger partial charge in [0, 0.05) is 13.6 Å². The summed E-state index contributed by atoms with van der Waals surface area (Å²) in [6, 6.07) is 5.90. The fourth-order valence-corrected chi connectivity index (χ4v) is 1.65. The zero-order valence-electron chi connectivity index (χ0n) is 11.7. The maximum atomic E-state index is 11.0. The topological polar surface area (TPSA) is 70.6 Å². The number of likely N-dealkylation sites (N-methyl/N-ethyl adjacent to an activating group) is 1. The average molecular weight is 266 g/mol. The third kappa shape index (κ3) is 5.72. The second-order valence-corrected chi connectivity index (χ2v) is 4.54. The van der Waals surface area contributed by atoms with Crippen LogP contribution >= 0.6 is 0 Å². The van der Waals surface area contributed by atoms with E-state index in [9.17, 15) is 9.90 Å². The lowest BCUT2D eigenvalue weighted by Gasteiger charge is -2.14. The summed E-state index contributed by atoms with van der Waals surface area (Å²) in [5, 5.41) is 15.1. The SMILES string of the molecule is CNC(=O)CNCC(O)COc1ccc(C)cc1C. The van der Waals surface area contributed by atoms with Crippen LogP contribution in [0.25, 0.3) is 0 Å². The summed E-state index contributed by atoms with van der Waals surface area (Å²) in [4.78, 5) is 11.0. The monoisotopic (exact) mass is 266 g/mol. The summed E-state index contributed by atoms with van der Waals surface area (Å²) in [6.45, 7) is 4.70. The number of aryl methyl sites for hydroxylation is 2. The molecule has 1 rings (SSSR count). The molecule has 5 nitrogen and oxygen atoms in total. The molecular weight excluding hydrogens is 244 g/mol. The van der Waals surface area contributed by atoms with Crippen molar-refractivity contribution in [2.75, 3.05) is 26.7 Å². The normalized spacial score (nSPS) is 12.0. The van der Waals surface area contributed by atoms with Crippen LogP contribution in [0, 0.1) is 13.8 Å². The van der Waals surface area contributed by atoms with Crippen LogP contribution in [0.2, 0.25) is 0 Å². The molecule has 0 aliphatic rings. The third-order valence-corrected chi connectivity index (χ3v) is 2.71. The van der Waals surface area contributed by atoms with Crippen LogP contribution in [0.5, 0.6) is 5.75 Å². The number of amides is 1. The minimum Gasteiger partial charge on any atom is -0.491 e. The van der Waals surface area contributed by atoms with Crippen molar-refractivity contribution in [1.29, 1.82) is 0 Å². The molecule has 106 valence electrons. The van der Waals surface area contributed by atoms with Gasteiger partial charge in [-0.25, -0.2) is 0 Å². The number of aliphatic hydroxyl groups is 1. The number of rotatable bonds is 7. The zero-order valence-corrected chi connectivity index (χ0v) is 11.7. The smallest absolute Gasteiger partial charge is 0.233 e. The molecule has 1 amide bonds. The predicted molar refractivity (Wildman–Crippen MR) is 74.4 cm³/mol. The lowest BCUT2D eigenvalue weighted by Crippen LogP contribution is -2.37. The Bertz CT molecular complexity index is 421. The minimum absolute atomic E-state index is 0.109. The van der Waals surface area contributed by atoms with Gasteiger partial charge in [0.05, 0.1) is 6.54 Å². The van der Waals surface area contributed by atoms with E-state index in [2.05, 4.69) is 10.6 Å². The molecule has 1 atom stereocenters. The van der Waals surface area contributed by atoms with Crippen molar-refractivity contribution in [3.05, 3.63) is 29.3 Å². The maximum Gasteiger partial charge on any atom is 0.233 e. The van der Waals surface area contributed by atoms with E-state index in [1.807, 2.05) is 32.0 Å². The molecule has 0 aromatic heterocycles. The van der Waals surface area contributed by atoms with Crippen LogP contribution in [-0.4, -0.2) is 43.9 Å². The van der Waals surface area contributed by atoms with Crippen molar-refractivity contribution in [1.82, 2.24) is 10.6 Å². The molecule has 0 bridgehead atoms. The lowest BCUT2D eigenvalue weighted by atomic mass is 10.1. The molecule has 3 N–H and O–H groups in total. The molecule has 0 heterocycles. The number of nitrogens with one attached hydrogen (secondary N) is 2. The fourth-order valence-electron chi connectivity index (χ4n) is 1.65. The summed E-state index contributed by atoms with van der Waals surface area (Å²) in [6.07, 6.45) is -0.648. The quantitative estimate of drug-likeness (QED) is 0.667. The van der Waals surface area contributed by atoms with Crippen molar-refractivity contribution in [3.8, 4) is 5.75 Å². The minimum atomic E-state index is -0.648. The first-order valence-corrected chi connectivity index (χ1v) is 6.32. The van der Waals surface area contributed by atoms with Gasteiger partial charge in [0.1, 0.15) is 18.5 Å². The zero-order chi connectivity index (χ0) is 14.3. The summed E-state index contributed by atoms with van der Waals surface area (Å²) in [7, 11) is 1.57. The van der Waals surface area contributed by atoms with Crippen LogP contribution in [0.1, 0.15) is 11.1 Å². The summed E-state index contributed by atoms with van der Waals surface area (Å²) in [5.74, 6) is 0.665. The molecule has 5 heteroatoms. The molecule has 1 unspecified atom stereocenters. The molecule has 0 saturated carbocycles. The van der Waals surface area contributed by atoms with E-state index < -0.39 is 6.10 Å². The molecule has 0 spiro atoms. The van der Waals surface area contributed by atoms with Gasteiger partial charge < -0.3 is 20.5 Å². The lowest BCUT2D eigenvalue weighted by molar-refractivity contribution is -0.119. The highest BCUT2D eigenvalue weighted by atomic mass is 16.5. The van der Waals surface area contributed by atoms with Crippen molar-refractivity contribution in [2.45, 2.75) is 20.0 Å². The van der Waals surface area contributed by atoms with Gasteiger partial charge in [-0.2, -0.15) is 0 Å². The molecule has 1 aromatic carbocycles. The number of aliphatic hydroxyl groups excluding tert-OH is 1. The second kappa shape index (κ2) is 7.76. The number of carbonyl (C=O) groups is 1. The third-order valence-electron chi connectivity index (χ3n) is 2.71. The van der Waals surface area contributed by atoms with Crippen LogP contribution in [0.3, 0.4) is 0 Å². The van der Waals surface area contributed by atoms with Crippen molar-refractivity contribution >= 4 is 5.91 Å². The molecule has 0 fully saturated rings. The van der Waals surface area contributed by atoms with E-state index in [-0.39, 0.29) is 19.1 Å². The van der Waals surface area contributed by atoms with E-state index >= 15 is 0 Å². The summed E-state index contributed by atoms with van der Waals surface area (Å²) >= 11 is 0. The Kier molecular flexibility index (Phi) is 6.32.